The summed E-state index contributed by atoms with van der Waals surface area (Å²) in [4.78, 5) is 17.7. The smallest absolute Gasteiger partial charge is 0.237 e. The molecule has 0 bridgehead atoms. The maximum atomic E-state index is 13.4. The molecule has 4 rings (SSSR count). The van der Waals surface area contributed by atoms with Gasteiger partial charge in [0.2, 0.25) is 5.91 Å². The Kier molecular flexibility index (Phi) is 8.26. The van der Waals surface area contributed by atoms with Gasteiger partial charge in [-0.25, -0.2) is 4.39 Å². The number of hydrogen-bond donors (Lipinski definition) is 0. The minimum atomic E-state index is -0.225. The van der Waals surface area contributed by atoms with E-state index < -0.39 is 0 Å². The Morgan fingerprint density at radius 3 is 1.88 bits per heavy atom. The molecule has 172 valence electrons. The van der Waals surface area contributed by atoms with Gasteiger partial charge in [0.1, 0.15) is 5.82 Å². The third-order valence-corrected chi connectivity index (χ3v) is 6.53. The van der Waals surface area contributed by atoms with Gasteiger partial charge in [0, 0.05) is 25.7 Å². The highest BCUT2D eigenvalue weighted by Gasteiger charge is 2.27. The Bertz CT molecular complexity index is 948. The van der Waals surface area contributed by atoms with E-state index in [0.717, 1.165) is 50.8 Å². The van der Waals surface area contributed by atoms with E-state index >= 15 is 0 Å². The highest BCUT2D eigenvalue weighted by Crippen LogP contribution is 2.20. The normalized spacial score (nSPS) is 15.1. The minimum absolute atomic E-state index is 0.209. The lowest BCUT2D eigenvalue weighted by Crippen LogP contribution is -2.43. The number of halogens is 1. The largest absolute Gasteiger partial charge is 0.339 e. The van der Waals surface area contributed by atoms with Gasteiger partial charge in [0.25, 0.3) is 0 Å². The fourth-order valence-electron chi connectivity index (χ4n) is 4.73. The predicted octanol–water partition coefficient (Wildman–Crippen LogP) is 5.49. The third-order valence-electron chi connectivity index (χ3n) is 6.53. The summed E-state index contributed by atoms with van der Waals surface area (Å²) in [5.74, 6) is -0.0164. The fraction of sp³-hybridized carbons (Fsp3) is 0.345. The molecule has 33 heavy (non-hydrogen) atoms. The molecule has 0 N–H and O–H groups in total. The zero-order valence-electron chi connectivity index (χ0n) is 19.2. The maximum absolute atomic E-state index is 13.4. The summed E-state index contributed by atoms with van der Waals surface area (Å²) in [5.41, 5.74) is 3.69. The number of aryl methyl sites for hydroxylation is 2. The van der Waals surface area contributed by atoms with Crippen molar-refractivity contribution >= 4 is 5.91 Å². The molecule has 1 aliphatic heterocycles. The van der Waals surface area contributed by atoms with Gasteiger partial charge in [-0.1, -0.05) is 72.8 Å². The monoisotopic (exact) mass is 444 g/mol. The molecule has 0 atom stereocenters. The summed E-state index contributed by atoms with van der Waals surface area (Å²) in [7, 11) is 0. The van der Waals surface area contributed by atoms with E-state index in [9.17, 15) is 9.18 Å². The van der Waals surface area contributed by atoms with Crippen molar-refractivity contribution in [3.8, 4) is 0 Å². The molecule has 3 nitrogen and oxygen atoms in total. The molecule has 3 aromatic carbocycles. The number of hydrogen-bond acceptors (Lipinski definition) is 2. The summed E-state index contributed by atoms with van der Waals surface area (Å²) >= 11 is 0. The molecule has 1 fully saturated rings. The third kappa shape index (κ3) is 7.00. The number of rotatable bonds is 9. The lowest BCUT2D eigenvalue weighted by atomic mass is 9.97. The lowest BCUT2D eigenvalue weighted by Gasteiger charge is -2.31. The average molecular weight is 445 g/mol. The van der Waals surface area contributed by atoms with Gasteiger partial charge < -0.3 is 4.90 Å². The van der Waals surface area contributed by atoms with Crippen LogP contribution < -0.4 is 0 Å². The van der Waals surface area contributed by atoms with Gasteiger partial charge in [-0.15, -0.1) is 0 Å². The molecule has 1 amide bonds. The van der Waals surface area contributed by atoms with Crippen molar-refractivity contribution in [3.05, 3.63) is 107 Å². The van der Waals surface area contributed by atoms with Gasteiger partial charge in [-0.05, 0) is 60.9 Å². The molecule has 1 saturated heterocycles. The van der Waals surface area contributed by atoms with Crippen molar-refractivity contribution in [2.75, 3.05) is 19.6 Å². The van der Waals surface area contributed by atoms with Gasteiger partial charge >= 0.3 is 0 Å². The molecule has 0 spiro atoms. The van der Waals surface area contributed by atoms with Crippen LogP contribution in [0, 0.1) is 5.82 Å². The van der Waals surface area contributed by atoms with E-state index in [0.29, 0.717) is 13.1 Å². The fourth-order valence-corrected chi connectivity index (χ4v) is 4.73. The molecule has 0 aromatic heterocycles. The Labute approximate surface area is 196 Å². The Hall–Kier alpha value is -2.98. The van der Waals surface area contributed by atoms with Gasteiger partial charge in [0.15, 0.2) is 0 Å². The molecule has 0 aliphatic carbocycles. The highest BCUT2D eigenvalue weighted by molar-refractivity contribution is 5.79. The second-order valence-corrected chi connectivity index (χ2v) is 8.98. The number of carbonyl (C=O) groups is 1. The molecule has 3 aromatic rings. The molecular weight excluding hydrogens is 411 g/mol. The van der Waals surface area contributed by atoms with Crippen LogP contribution in [0.3, 0.4) is 0 Å². The second-order valence-electron chi connectivity index (χ2n) is 8.98. The summed E-state index contributed by atoms with van der Waals surface area (Å²) < 4.78 is 13.2. The van der Waals surface area contributed by atoms with Crippen molar-refractivity contribution in [1.82, 2.24) is 9.80 Å². The topological polar surface area (TPSA) is 23.6 Å². The molecule has 1 aliphatic rings. The second kappa shape index (κ2) is 11.8. The van der Waals surface area contributed by atoms with E-state index in [4.69, 9.17) is 0 Å². The van der Waals surface area contributed by atoms with Crippen molar-refractivity contribution < 1.29 is 9.18 Å². The standard InChI is InChI=1S/C29H33FN2O/c30-27-16-12-26(13-17-27)22-31-20-7-21-32(29(33)23-31)28(18-14-24-8-3-1-4-9-24)19-15-25-10-5-2-6-11-25/h1-6,8-13,16-17,28H,7,14-15,18-23H2. The van der Waals surface area contributed by atoms with Gasteiger partial charge in [-0.2, -0.15) is 0 Å². The number of nitrogens with zero attached hydrogens (tertiary/aromatic N) is 2. The zero-order valence-corrected chi connectivity index (χ0v) is 19.2. The first-order valence-corrected chi connectivity index (χ1v) is 12.0. The van der Waals surface area contributed by atoms with E-state index in [2.05, 4.69) is 58.3 Å². The first-order chi connectivity index (χ1) is 16.2. The van der Waals surface area contributed by atoms with Gasteiger partial charge in [-0.3, -0.25) is 9.69 Å². The van der Waals surface area contributed by atoms with Crippen LogP contribution in [0.5, 0.6) is 0 Å². The van der Waals surface area contributed by atoms with E-state index in [1.54, 1.807) is 0 Å². The summed E-state index contributed by atoms with van der Waals surface area (Å²) in [6.07, 6.45) is 4.86. The lowest BCUT2D eigenvalue weighted by molar-refractivity contribution is -0.133. The summed E-state index contributed by atoms with van der Waals surface area (Å²) in [5, 5.41) is 0. The molecule has 1 heterocycles. The van der Waals surface area contributed by atoms with Crippen LogP contribution in [0.15, 0.2) is 84.9 Å². The molecule has 0 saturated carbocycles. The molecular formula is C29H33FN2O. The summed E-state index contributed by atoms with van der Waals surface area (Å²) in [6.45, 7) is 2.78. The van der Waals surface area contributed by atoms with Gasteiger partial charge in [0.05, 0.1) is 6.54 Å². The maximum Gasteiger partial charge on any atom is 0.237 e. The summed E-state index contributed by atoms with van der Waals surface area (Å²) in [6, 6.07) is 27.9. The predicted molar refractivity (Wildman–Crippen MR) is 131 cm³/mol. The van der Waals surface area contributed by atoms with E-state index in [-0.39, 0.29) is 17.8 Å². The molecule has 4 heteroatoms. The number of benzene rings is 3. The number of amides is 1. The van der Waals surface area contributed by atoms with Crippen molar-refractivity contribution in [2.45, 2.75) is 44.7 Å². The van der Waals surface area contributed by atoms with Crippen LogP contribution in [-0.4, -0.2) is 41.4 Å². The first-order valence-electron chi connectivity index (χ1n) is 12.0. The van der Waals surface area contributed by atoms with Crippen LogP contribution >= 0.6 is 0 Å². The average Bonchev–Trinajstić information content (AvgIpc) is 3.03. The van der Waals surface area contributed by atoms with Crippen LogP contribution in [0.2, 0.25) is 0 Å². The molecule has 0 unspecified atom stereocenters. The SMILES string of the molecule is O=C1CN(Cc2ccc(F)cc2)CCCN1C(CCc1ccccc1)CCc1ccccc1. The van der Waals surface area contributed by atoms with Crippen LogP contribution in [-0.2, 0) is 24.2 Å². The van der Waals surface area contributed by atoms with Crippen LogP contribution in [0.25, 0.3) is 0 Å². The first kappa shape index (κ1) is 23.2. The number of carbonyl (C=O) groups excluding carboxylic acids is 1. The van der Waals surface area contributed by atoms with E-state index in [1.165, 1.54) is 23.3 Å². The quantitative estimate of drug-likeness (QED) is 0.435. The molecule has 0 radical (unpaired) electrons. The highest BCUT2D eigenvalue weighted by atomic mass is 19.1. The zero-order chi connectivity index (χ0) is 22.9. The minimum Gasteiger partial charge on any atom is -0.339 e. The Balaban J connectivity index is 1.42. The van der Waals surface area contributed by atoms with Crippen molar-refractivity contribution in [2.24, 2.45) is 0 Å². The van der Waals surface area contributed by atoms with Crippen molar-refractivity contribution in [3.63, 3.8) is 0 Å². The van der Waals surface area contributed by atoms with Crippen LogP contribution in [0.1, 0.15) is 36.0 Å². The Morgan fingerprint density at radius 2 is 1.30 bits per heavy atom. The van der Waals surface area contributed by atoms with Crippen LogP contribution in [0.4, 0.5) is 4.39 Å². The van der Waals surface area contributed by atoms with E-state index in [1.807, 2.05) is 24.3 Å². The Morgan fingerprint density at radius 1 is 0.727 bits per heavy atom. The van der Waals surface area contributed by atoms with Crippen molar-refractivity contribution in [1.29, 1.82) is 0 Å².